The van der Waals surface area contributed by atoms with Crippen molar-refractivity contribution in [2.75, 3.05) is 30.4 Å². The molecule has 4 nitrogen and oxygen atoms in total. The van der Waals surface area contributed by atoms with Crippen LogP contribution in [0, 0.1) is 6.92 Å². The standard InChI is InChI=1S/C22H26ClN3O/c1-14-16(6-5-7-18(14)23)22(10-11-24-13-22)25-15-8-9-17-19(12-15)26(4)20(27)21(17,2)3/h5-9,12,24-25H,10-11,13H2,1-4H3/t22-/m1/s1. The second kappa shape index (κ2) is 6.25. The van der Waals surface area contributed by atoms with E-state index in [2.05, 4.69) is 41.8 Å². The molecule has 0 radical (unpaired) electrons. The van der Waals surface area contributed by atoms with E-state index in [1.165, 1.54) is 5.56 Å². The number of anilines is 2. The van der Waals surface area contributed by atoms with Gasteiger partial charge in [-0.1, -0.05) is 29.8 Å². The number of hydrogen-bond acceptors (Lipinski definition) is 3. The number of hydrogen-bond donors (Lipinski definition) is 2. The van der Waals surface area contributed by atoms with Crippen LogP contribution in [0.1, 0.15) is 37.0 Å². The highest BCUT2D eigenvalue weighted by Gasteiger charge is 2.43. The van der Waals surface area contributed by atoms with Gasteiger partial charge < -0.3 is 15.5 Å². The number of nitrogens with zero attached hydrogens (tertiary/aromatic N) is 1. The number of rotatable bonds is 3. The maximum atomic E-state index is 12.6. The first-order chi connectivity index (χ1) is 12.8. The van der Waals surface area contributed by atoms with Gasteiger partial charge in [0.25, 0.3) is 0 Å². The van der Waals surface area contributed by atoms with Gasteiger partial charge in [0, 0.05) is 30.0 Å². The minimum absolute atomic E-state index is 0.137. The smallest absolute Gasteiger partial charge is 0.236 e. The molecule has 0 saturated carbocycles. The summed E-state index contributed by atoms with van der Waals surface area (Å²) in [4.78, 5) is 14.4. The van der Waals surface area contributed by atoms with Gasteiger partial charge in [0.15, 0.2) is 0 Å². The van der Waals surface area contributed by atoms with E-state index in [0.29, 0.717) is 0 Å². The van der Waals surface area contributed by atoms with Gasteiger partial charge in [-0.25, -0.2) is 0 Å². The lowest BCUT2D eigenvalue weighted by Gasteiger charge is -2.33. The Morgan fingerprint density at radius 3 is 2.67 bits per heavy atom. The first kappa shape index (κ1) is 18.3. The molecule has 0 spiro atoms. The molecule has 0 bridgehead atoms. The van der Waals surface area contributed by atoms with Crippen molar-refractivity contribution < 1.29 is 4.79 Å². The van der Waals surface area contributed by atoms with Crippen LogP contribution in [-0.2, 0) is 15.7 Å². The van der Waals surface area contributed by atoms with Gasteiger partial charge in [0.05, 0.1) is 11.0 Å². The second-order valence-corrected chi connectivity index (χ2v) is 8.67. The zero-order valence-electron chi connectivity index (χ0n) is 16.3. The number of likely N-dealkylation sites (N-methyl/N-ethyl adjacent to an activating group) is 1. The number of carbonyl (C=O) groups is 1. The molecular formula is C22H26ClN3O. The number of nitrogens with one attached hydrogen (secondary N) is 2. The molecule has 1 amide bonds. The summed E-state index contributed by atoms with van der Waals surface area (Å²) in [6, 6.07) is 12.4. The summed E-state index contributed by atoms with van der Waals surface area (Å²) in [7, 11) is 1.85. The molecule has 0 aliphatic carbocycles. The third-order valence-electron chi connectivity index (χ3n) is 6.19. The lowest BCUT2D eigenvalue weighted by Crippen LogP contribution is -2.38. The Bertz CT molecular complexity index is 916. The zero-order valence-corrected chi connectivity index (χ0v) is 17.1. The average Bonchev–Trinajstić information content (AvgIpc) is 3.17. The lowest BCUT2D eigenvalue weighted by molar-refractivity contribution is -0.121. The quantitative estimate of drug-likeness (QED) is 0.834. The molecule has 2 heterocycles. The van der Waals surface area contributed by atoms with Crippen LogP contribution in [0.2, 0.25) is 5.02 Å². The van der Waals surface area contributed by atoms with E-state index in [1.54, 1.807) is 4.90 Å². The van der Waals surface area contributed by atoms with Crippen LogP contribution < -0.4 is 15.5 Å². The van der Waals surface area contributed by atoms with Crippen molar-refractivity contribution in [1.82, 2.24) is 5.32 Å². The number of benzene rings is 2. The van der Waals surface area contributed by atoms with Crippen LogP contribution in [-0.4, -0.2) is 26.0 Å². The fourth-order valence-electron chi connectivity index (χ4n) is 4.56. The summed E-state index contributed by atoms with van der Waals surface area (Å²) in [5.74, 6) is 0.137. The van der Waals surface area contributed by atoms with Crippen molar-refractivity contribution in [3.05, 3.63) is 58.1 Å². The summed E-state index contributed by atoms with van der Waals surface area (Å²) in [5, 5.41) is 8.05. The van der Waals surface area contributed by atoms with E-state index in [-0.39, 0.29) is 11.4 Å². The van der Waals surface area contributed by atoms with E-state index in [0.717, 1.165) is 47.0 Å². The SMILES string of the molecule is Cc1c(Cl)cccc1[C@@]1(Nc2ccc3c(c2)N(C)C(=O)C3(C)C)CCNC1. The Morgan fingerprint density at radius 1 is 1.19 bits per heavy atom. The van der Waals surface area contributed by atoms with Gasteiger partial charge in [-0.2, -0.15) is 0 Å². The molecule has 2 aromatic rings. The first-order valence-electron chi connectivity index (χ1n) is 9.43. The van der Waals surface area contributed by atoms with Gasteiger partial charge in [-0.15, -0.1) is 0 Å². The van der Waals surface area contributed by atoms with Crippen LogP contribution >= 0.6 is 11.6 Å². The normalized spacial score (nSPS) is 23.6. The monoisotopic (exact) mass is 383 g/mol. The molecule has 0 unspecified atom stereocenters. The van der Waals surface area contributed by atoms with Crippen LogP contribution in [0.5, 0.6) is 0 Å². The molecule has 0 aromatic heterocycles. The van der Waals surface area contributed by atoms with Gasteiger partial charge in [0.2, 0.25) is 5.91 Å². The Labute approximate surface area is 165 Å². The highest BCUT2D eigenvalue weighted by molar-refractivity contribution is 6.31. The van der Waals surface area contributed by atoms with E-state index < -0.39 is 5.41 Å². The highest BCUT2D eigenvalue weighted by Crippen LogP contribution is 2.43. The molecule has 142 valence electrons. The maximum Gasteiger partial charge on any atom is 0.236 e. The molecule has 2 N–H and O–H groups in total. The van der Waals surface area contributed by atoms with Crippen molar-refractivity contribution in [3.63, 3.8) is 0 Å². The van der Waals surface area contributed by atoms with Gasteiger partial charge in [-0.05, 0) is 68.6 Å². The van der Waals surface area contributed by atoms with Gasteiger partial charge >= 0.3 is 0 Å². The molecular weight excluding hydrogens is 358 g/mol. The van der Waals surface area contributed by atoms with E-state index in [9.17, 15) is 4.79 Å². The van der Waals surface area contributed by atoms with Crippen LogP contribution in [0.4, 0.5) is 11.4 Å². The molecule has 5 heteroatoms. The molecule has 1 saturated heterocycles. The predicted octanol–water partition coefficient (Wildman–Crippen LogP) is 4.20. The van der Waals surface area contributed by atoms with Crippen molar-refractivity contribution in [2.45, 2.75) is 38.1 Å². The van der Waals surface area contributed by atoms with Crippen LogP contribution in [0.3, 0.4) is 0 Å². The lowest BCUT2D eigenvalue weighted by atomic mass is 9.84. The van der Waals surface area contributed by atoms with Crippen molar-refractivity contribution >= 4 is 28.9 Å². The Balaban J connectivity index is 1.75. The molecule has 1 atom stereocenters. The van der Waals surface area contributed by atoms with E-state index in [4.69, 9.17) is 11.6 Å². The molecule has 4 rings (SSSR count). The van der Waals surface area contributed by atoms with E-state index >= 15 is 0 Å². The number of halogens is 1. The summed E-state index contributed by atoms with van der Waals surface area (Å²) in [6.45, 7) is 7.85. The number of carbonyl (C=O) groups excluding carboxylic acids is 1. The van der Waals surface area contributed by atoms with Crippen molar-refractivity contribution in [3.8, 4) is 0 Å². The maximum absolute atomic E-state index is 12.6. The van der Waals surface area contributed by atoms with Gasteiger partial charge in [0.1, 0.15) is 0 Å². The van der Waals surface area contributed by atoms with Crippen molar-refractivity contribution in [2.24, 2.45) is 0 Å². The summed E-state index contributed by atoms with van der Waals surface area (Å²) in [5.41, 5.74) is 4.75. The predicted molar refractivity (Wildman–Crippen MR) is 112 cm³/mol. The largest absolute Gasteiger partial charge is 0.374 e. The minimum atomic E-state index is -0.473. The fraction of sp³-hybridized carbons (Fsp3) is 0.409. The Hall–Kier alpha value is -2.04. The minimum Gasteiger partial charge on any atom is -0.374 e. The third-order valence-corrected chi connectivity index (χ3v) is 6.60. The molecule has 27 heavy (non-hydrogen) atoms. The van der Waals surface area contributed by atoms with Crippen molar-refractivity contribution in [1.29, 1.82) is 0 Å². The summed E-state index contributed by atoms with van der Waals surface area (Å²) >= 11 is 6.41. The fourth-order valence-corrected chi connectivity index (χ4v) is 4.73. The average molecular weight is 384 g/mol. The number of amides is 1. The van der Waals surface area contributed by atoms with Gasteiger partial charge in [-0.3, -0.25) is 4.79 Å². The van der Waals surface area contributed by atoms with E-state index in [1.807, 2.05) is 33.0 Å². The summed E-state index contributed by atoms with van der Waals surface area (Å²) in [6.07, 6.45) is 0.978. The Kier molecular flexibility index (Phi) is 4.24. The van der Waals surface area contributed by atoms with Crippen LogP contribution in [0.15, 0.2) is 36.4 Å². The molecule has 1 fully saturated rings. The molecule has 2 aliphatic heterocycles. The summed E-state index contributed by atoms with van der Waals surface area (Å²) < 4.78 is 0. The topological polar surface area (TPSA) is 44.4 Å². The molecule has 2 aliphatic rings. The zero-order chi connectivity index (χ0) is 19.4. The van der Waals surface area contributed by atoms with Crippen LogP contribution in [0.25, 0.3) is 0 Å². The second-order valence-electron chi connectivity index (χ2n) is 8.27. The highest BCUT2D eigenvalue weighted by atomic mass is 35.5. The third kappa shape index (κ3) is 2.74. The number of fused-ring (bicyclic) bond motifs is 1. The first-order valence-corrected chi connectivity index (χ1v) is 9.81. The Morgan fingerprint density at radius 2 is 1.96 bits per heavy atom. The molecule has 2 aromatic carbocycles.